The first-order valence-electron chi connectivity index (χ1n) is 6.03. The summed E-state index contributed by atoms with van der Waals surface area (Å²) in [6.07, 6.45) is 1.30. The molecule has 0 spiro atoms. The van der Waals surface area contributed by atoms with E-state index in [0.29, 0.717) is 17.5 Å². The Balaban J connectivity index is 1.91. The van der Waals surface area contributed by atoms with Gasteiger partial charge in [-0.2, -0.15) is 0 Å². The molecular weight excluding hydrogens is 216 g/mol. The van der Waals surface area contributed by atoms with Gasteiger partial charge in [0.1, 0.15) is 0 Å². The Morgan fingerprint density at radius 2 is 1.94 bits per heavy atom. The highest BCUT2D eigenvalue weighted by Crippen LogP contribution is 2.24. The second kappa shape index (κ2) is 3.94. The molecule has 1 aliphatic rings. The highest BCUT2D eigenvalue weighted by Gasteiger charge is 2.23. The van der Waals surface area contributed by atoms with Crippen LogP contribution in [0.15, 0.2) is 12.1 Å². The standard InChI is InChI=1S/C11H16N6/c1-8-5-9(2)7-16(6-8)11-4-3-10-12-14-15-17(10)13-11/h3-4,8-9H,5-7H2,1-2H3/t8-,9-/m0/s1. The van der Waals surface area contributed by atoms with Gasteiger partial charge in [-0.05, 0) is 40.8 Å². The number of fused-ring (bicyclic) bond motifs is 1. The molecule has 1 aliphatic heterocycles. The second-order valence-electron chi connectivity index (χ2n) is 5.07. The molecule has 0 bridgehead atoms. The van der Waals surface area contributed by atoms with Crippen LogP contribution in [0.4, 0.5) is 5.82 Å². The first kappa shape index (κ1) is 10.4. The average Bonchev–Trinajstić information content (AvgIpc) is 2.74. The lowest BCUT2D eigenvalue weighted by atomic mass is 9.92. The fraction of sp³-hybridized carbons (Fsp3) is 0.636. The van der Waals surface area contributed by atoms with E-state index < -0.39 is 0 Å². The van der Waals surface area contributed by atoms with Crippen LogP contribution in [0.25, 0.3) is 5.65 Å². The summed E-state index contributed by atoms with van der Waals surface area (Å²) >= 11 is 0. The molecule has 3 rings (SSSR count). The number of rotatable bonds is 1. The summed E-state index contributed by atoms with van der Waals surface area (Å²) in [5.74, 6) is 2.39. The average molecular weight is 232 g/mol. The monoisotopic (exact) mass is 232 g/mol. The Morgan fingerprint density at radius 3 is 2.71 bits per heavy atom. The van der Waals surface area contributed by atoms with Crippen molar-refractivity contribution in [3.63, 3.8) is 0 Å². The number of piperidine rings is 1. The van der Waals surface area contributed by atoms with Crippen molar-refractivity contribution in [1.29, 1.82) is 0 Å². The summed E-state index contributed by atoms with van der Waals surface area (Å²) in [4.78, 5) is 2.32. The lowest BCUT2D eigenvalue weighted by Gasteiger charge is -2.35. The van der Waals surface area contributed by atoms with Crippen LogP contribution < -0.4 is 4.90 Å². The Morgan fingerprint density at radius 1 is 1.18 bits per heavy atom. The van der Waals surface area contributed by atoms with Gasteiger partial charge in [0, 0.05) is 13.1 Å². The summed E-state index contributed by atoms with van der Waals surface area (Å²) in [5, 5.41) is 15.7. The van der Waals surface area contributed by atoms with E-state index in [-0.39, 0.29) is 0 Å². The number of aromatic nitrogens is 5. The SMILES string of the molecule is C[C@H]1C[C@H](C)CN(c2ccc3nnnn3n2)C1. The summed E-state index contributed by atoms with van der Waals surface area (Å²) in [6.45, 7) is 6.70. The van der Waals surface area contributed by atoms with Crippen LogP contribution >= 0.6 is 0 Å². The van der Waals surface area contributed by atoms with Crippen LogP contribution in [0.2, 0.25) is 0 Å². The second-order valence-corrected chi connectivity index (χ2v) is 5.07. The normalized spacial score (nSPS) is 25.4. The minimum Gasteiger partial charge on any atom is -0.355 e. The molecule has 3 heterocycles. The van der Waals surface area contributed by atoms with Gasteiger partial charge in [0.15, 0.2) is 11.5 Å². The van der Waals surface area contributed by atoms with Crippen molar-refractivity contribution < 1.29 is 0 Å². The quantitative estimate of drug-likeness (QED) is 0.734. The maximum atomic E-state index is 4.43. The van der Waals surface area contributed by atoms with Crippen molar-refractivity contribution >= 4 is 11.5 Å². The van der Waals surface area contributed by atoms with Crippen LogP contribution in [0.5, 0.6) is 0 Å². The molecule has 6 nitrogen and oxygen atoms in total. The zero-order chi connectivity index (χ0) is 11.8. The first-order chi connectivity index (χ1) is 8.22. The molecule has 6 heteroatoms. The van der Waals surface area contributed by atoms with Crippen molar-refractivity contribution in [2.24, 2.45) is 11.8 Å². The van der Waals surface area contributed by atoms with Crippen molar-refractivity contribution in [2.75, 3.05) is 18.0 Å². The highest BCUT2D eigenvalue weighted by molar-refractivity contribution is 5.44. The van der Waals surface area contributed by atoms with Crippen molar-refractivity contribution in [3.8, 4) is 0 Å². The fourth-order valence-electron chi connectivity index (χ4n) is 2.66. The van der Waals surface area contributed by atoms with E-state index in [1.54, 1.807) is 0 Å². The fourth-order valence-corrected chi connectivity index (χ4v) is 2.66. The number of hydrogen-bond acceptors (Lipinski definition) is 5. The van der Waals surface area contributed by atoms with E-state index in [1.165, 1.54) is 11.1 Å². The summed E-state index contributed by atoms with van der Waals surface area (Å²) in [5.41, 5.74) is 0.687. The van der Waals surface area contributed by atoms with Gasteiger partial charge < -0.3 is 4.90 Å². The maximum Gasteiger partial charge on any atom is 0.200 e. The van der Waals surface area contributed by atoms with E-state index in [0.717, 1.165) is 18.9 Å². The van der Waals surface area contributed by atoms with E-state index in [2.05, 4.69) is 39.4 Å². The zero-order valence-electron chi connectivity index (χ0n) is 10.1. The van der Waals surface area contributed by atoms with Crippen LogP contribution in [-0.4, -0.2) is 38.3 Å². The molecule has 0 amide bonds. The van der Waals surface area contributed by atoms with E-state index in [1.807, 2.05) is 12.1 Å². The summed E-state index contributed by atoms with van der Waals surface area (Å²) < 4.78 is 1.49. The minimum atomic E-state index is 0.687. The van der Waals surface area contributed by atoms with Crippen LogP contribution in [0.3, 0.4) is 0 Å². The lowest BCUT2D eigenvalue weighted by molar-refractivity contribution is 0.354. The van der Waals surface area contributed by atoms with Crippen molar-refractivity contribution in [3.05, 3.63) is 12.1 Å². The third kappa shape index (κ3) is 1.94. The Labute approximate surface area is 99.6 Å². The molecule has 90 valence electrons. The van der Waals surface area contributed by atoms with Gasteiger partial charge in [0.25, 0.3) is 0 Å². The van der Waals surface area contributed by atoms with Gasteiger partial charge in [-0.3, -0.25) is 0 Å². The predicted molar refractivity (Wildman–Crippen MR) is 63.7 cm³/mol. The van der Waals surface area contributed by atoms with Gasteiger partial charge in [0.2, 0.25) is 0 Å². The van der Waals surface area contributed by atoms with Gasteiger partial charge in [0.05, 0.1) is 0 Å². The molecule has 0 aliphatic carbocycles. The van der Waals surface area contributed by atoms with Crippen LogP contribution in [0, 0.1) is 11.8 Å². The third-order valence-corrected chi connectivity index (χ3v) is 3.25. The molecule has 2 aromatic rings. The van der Waals surface area contributed by atoms with Gasteiger partial charge >= 0.3 is 0 Å². The highest BCUT2D eigenvalue weighted by atomic mass is 15.6. The molecule has 0 saturated carbocycles. The molecule has 0 aromatic carbocycles. The minimum absolute atomic E-state index is 0.687. The molecule has 2 atom stereocenters. The molecule has 1 saturated heterocycles. The van der Waals surface area contributed by atoms with E-state index >= 15 is 0 Å². The smallest absolute Gasteiger partial charge is 0.200 e. The largest absolute Gasteiger partial charge is 0.355 e. The third-order valence-electron chi connectivity index (χ3n) is 3.25. The topological polar surface area (TPSA) is 59.2 Å². The first-order valence-corrected chi connectivity index (χ1v) is 6.03. The number of tetrazole rings is 1. The molecule has 17 heavy (non-hydrogen) atoms. The van der Waals surface area contributed by atoms with Crippen LogP contribution in [-0.2, 0) is 0 Å². The molecule has 0 unspecified atom stereocenters. The summed E-state index contributed by atoms with van der Waals surface area (Å²) in [6, 6.07) is 3.91. The van der Waals surface area contributed by atoms with Gasteiger partial charge in [-0.1, -0.05) is 13.8 Å². The van der Waals surface area contributed by atoms with Crippen molar-refractivity contribution in [2.45, 2.75) is 20.3 Å². The number of nitrogens with zero attached hydrogens (tertiary/aromatic N) is 6. The van der Waals surface area contributed by atoms with E-state index in [4.69, 9.17) is 0 Å². The Bertz CT molecular complexity index is 511. The van der Waals surface area contributed by atoms with Crippen molar-refractivity contribution in [1.82, 2.24) is 25.3 Å². The molecule has 1 fully saturated rings. The number of hydrogen-bond donors (Lipinski definition) is 0. The van der Waals surface area contributed by atoms with Crippen LogP contribution in [0.1, 0.15) is 20.3 Å². The Hall–Kier alpha value is -1.72. The maximum absolute atomic E-state index is 4.43. The predicted octanol–water partition coefficient (Wildman–Crippen LogP) is 1.00. The molecule has 0 radical (unpaired) electrons. The number of anilines is 1. The Kier molecular flexibility index (Phi) is 2.42. The van der Waals surface area contributed by atoms with Gasteiger partial charge in [-0.15, -0.1) is 14.8 Å². The molecule has 2 aromatic heterocycles. The molecular formula is C11H16N6. The zero-order valence-corrected chi connectivity index (χ0v) is 10.1. The van der Waals surface area contributed by atoms with Gasteiger partial charge in [-0.25, -0.2) is 0 Å². The lowest BCUT2D eigenvalue weighted by Crippen LogP contribution is -2.39. The summed E-state index contributed by atoms with van der Waals surface area (Å²) in [7, 11) is 0. The van der Waals surface area contributed by atoms with E-state index in [9.17, 15) is 0 Å². The molecule has 0 N–H and O–H groups in total.